The first-order valence-corrected chi connectivity index (χ1v) is 13.5. The molecule has 2 heterocycles. The number of hydrogen-bond acceptors (Lipinski definition) is 8. The SMILES string of the molecule is CCCCc1nc(Cl)c(COC(=O)[C@H](CS)N(C)C)n1Cc1ccc(-c2ccccc2-c2nn[nH]n2)cc1. The van der Waals surface area contributed by atoms with Crippen molar-refractivity contribution in [3.63, 3.8) is 0 Å². The average molecular weight is 554 g/mol. The van der Waals surface area contributed by atoms with Crippen LogP contribution in [0.5, 0.6) is 0 Å². The average Bonchev–Trinajstić information content (AvgIpc) is 3.55. The Labute approximate surface area is 233 Å². The molecule has 0 saturated heterocycles. The number of thiol groups is 1. The second-order valence-corrected chi connectivity index (χ2v) is 9.93. The lowest BCUT2D eigenvalue weighted by atomic mass is 9.98. The fourth-order valence-corrected chi connectivity index (χ4v) is 4.95. The van der Waals surface area contributed by atoms with Crippen molar-refractivity contribution in [3.8, 4) is 22.5 Å². The number of nitrogens with zero attached hydrogens (tertiary/aromatic N) is 6. The van der Waals surface area contributed by atoms with Crippen molar-refractivity contribution in [2.45, 2.75) is 45.4 Å². The number of rotatable bonds is 12. The van der Waals surface area contributed by atoms with E-state index in [1.54, 1.807) is 4.90 Å². The largest absolute Gasteiger partial charge is 0.458 e. The Hall–Kier alpha value is -3.21. The van der Waals surface area contributed by atoms with Gasteiger partial charge in [-0.1, -0.05) is 73.5 Å². The van der Waals surface area contributed by atoms with Crippen LogP contribution in [0.3, 0.4) is 0 Å². The number of H-pyrrole nitrogens is 1. The molecule has 0 radical (unpaired) electrons. The zero-order chi connectivity index (χ0) is 27.1. The molecular formula is C27H32ClN7O2S. The van der Waals surface area contributed by atoms with E-state index in [0.717, 1.165) is 47.3 Å². The van der Waals surface area contributed by atoms with E-state index in [0.29, 0.717) is 29.0 Å². The van der Waals surface area contributed by atoms with Gasteiger partial charge < -0.3 is 9.30 Å². The Balaban J connectivity index is 1.58. The third-order valence-corrected chi connectivity index (χ3v) is 7.04. The van der Waals surface area contributed by atoms with Crippen molar-refractivity contribution < 1.29 is 9.53 Å². The molecule has 0 aliphatic heterocycles. The molecule has 0 spiro atoms. The van der Waals surface area contributed by atoms with Crippen LogP contribution < -0.4 is 0 Å². The molecule has 0 fully saturated rings. The van der Waals surface area contributed by atoms with Gasteiger partial charge in [0.15, 0.2) is 5.15 Å². The van der Waals surface area contributed by atoms with Gasteiger partial charge in [0.05, 0.1) is 5.69 Å². The molecule has 0 saturated carbocycles. The Kier molecular flexibility index (Phi) is 9.54. The fraction of sp³-hybridized carbons (Fsp3) is 0.370. The lowest BCUT2D eigenvalue weighted by molar-refractivity contribution is -0.149. The van der Waals surface area contributed by atoms with Gasteiger partial charge >= 0.3 is 5.97 Å². The second kappa shape index (κ2) is 13.0. The normalized spacial score (nSPS) is 12.2. The van der Waals surface area contributed by atoms with Gasteiger partial charge in [0, 0.05) is 24.3 Å². The summed E-state index contributed by atoms with van der Waals surface area (Å²) in [7, 11) is 3.65. The van der Waals surface area contributed by atoms with E-state index in [4.69, 9.17) is 16.3 Å². The highest BCUT2D eigenvalue weighted by Crippen LogP contribution is 2.30. The highest BCUT2D eigenvalue weighted by atomic mass is 35.5. The molecule has 1 atom stereocenters. The monoisotopic (exact) mass is 553 g/mol. The van der Waals surface area contributed by atoms with Crippen LogP contribution in [0.15, 0.2) is 48.5 Å². The van der Waals surface area contributed by atoms with Gasteiger partial charge in [0.2, 0.25) is 5.82 Å². The topological polar surface area (TPSA) is 102 Å². The van der Waals surface area contributed by atoms with E-state index in [2.05, 4.69) is 74.0 Å². The molecule has 2 aromatic heterocycles. The number of unbranched alkanes of at least 4 members (excludes halogenated alkanes) is 1. The molecular weight excluding hydrogens is 522 g/mol. The maximum absolute atomic E-state index is 12.6. The van der Waals surface area contributed by atoms with E-state index in [1.807, 2.05) is 38.4 Å². The first kappa shape index (κ1) is 27.8. The minimum absolute atomic E-state index is 0.0467. The number of carbonyl (C=O) groups is 1. The second-order valence-electron chi connectivity index (χ2n) is 9.20. The van der Waals surface area contributed by atoms with Crippen molar-refractivity contribution in [2.75, 3.05) is 19.8 Å². The Morgan fingerprint density at radius 1 is 1.16 bits per heavy atom. The van der Waals surface area contributed by atoms with Gasteiger partial charge in [-0.3, -0.25) is 9.69 Å². The van der Waals surface area contributed by atoms with Crippen LogP contribution in [0.2, 0.25) is 5.15 Å². The maximum atomic E-state index is 12.6. The minimum Gasteiger partial charge on any atom is -0.458 e. The number of aryl methyl sites for hydroxylation is 1. The van der Waals surface area contributed by atoms with E-state index in [9.17, 15) is 4.79 Å². The number of likely N-dealkylation sites (N-methyl/N-ethyl adjacent to an activating group) is 1. The molecule has 0 unspecified atom stereocenters. The van der Waals surface area contributed by atoms with Gasteiger partial charge in [-0.15, -0.1) is 10.2 Å². The number of nitrogens with one attached hydrogen (secondary N) is 1. The number of ether oxygens (including phenoxy) is 1. The molecule has 0 amide bonds. The van der Waals surface area contributed by atoms with E-state index < -0.39 is 6.04 Å². The number of benzene rings is 2. The third-order valence-electron chi connectivity index (χ3n) is 6.40. The number of halogens is 1. The van der Waals surface area contributed by atoms with Crippen molar-refractivity contribution >= 4 is 30.2 Å². The highest BCUT2D eigenvalue weighted by Gasteiger charge is 2.23. The van der Waals surface area contributed by atoms with Crippen LogP contribution in [-0.2, 0) is 29.1 Å². The Morgan fingerprint density at radius 3 is 2.53 bits per heavy atom. The summed E-state index contributed by atoms with van der Waals surface area (Å²) in [6.07, 6.45) is 2.81. The lowest BCUT2D eigenvalue weighted by Gasteiger charge is -2.21. The summed E-state index contributed by atoms with van der Waals surface area (Å²) in [5.74, 6) is 1.45. The number of hydrogen-bond donors (Lipinski definition) is 2. The Morgan fingerprint density at radius 2 is 1.89 bits per heavy atom. The number of carbonyl (C=O) groups excluding carboxylic acids is 1. The smallest absolute Gasteiger partial charge is 0.324 e. The standard InChI is InChI=1S/C27H32ClN7O2S/c1-4-5-10-24-29-25(28)22(16-37-27(36)23(17-38)34(2)3)35(24)15-18-11-13-19(14-12-18)20-8-6-7-9-21(20)26-30-32-33-31-26/h6-9,11-14,23,38H,4-5,10,15-17H2,1-3H3,(H,30,31,32,33)/t23-/m0/s1. The third kappa shape index (κ3) is 6.43. The lowest BCUT2D eigenvalue weighted by Crippen LogP contribution is -2.38. The van der Waals surface area contributed by atoms with Gasteiger partial charge in [-0.2, -0.15) is 17.8 Å². The van der Waals surface area contributed by atoms with Gasteiger partial charge in [0.25, 0.3) is 0 Å². The van der Waals surface area contributed by atoms with E-state index in [-0.39, 0.29) is 12.6 Å². The van der Waals surface area contributed by atoms with Gasteiger partial charge in [0.1, 0.15) is 18.5 Å². The number of aromatic amines is 1. The summed E-state index contributed by atoms with van der Waals surface area (Å²) >= 11 is 10.8. The summed E-state index contributed by atoms with van der Waals surface area (Å²) in [6, 6.07) is 15.8. The summed E-state index contributed by atoms with van der Waals surface area (Å²) in [5.41, 5.74) is 4.72. The number of tetrazole rings is 1. The van der Waals surface area contributed by atoms with Crippen LogP contribution in [0.4, 0.5) is 0 Å². The number of esters is 1. The van der Waals surface area contributed by atoms with E-state index in [1.165, 1.54) is 0 Å². The van der Waals surface area contributed by atoms with Crippen LogP contribution in [0.25, 0.3) is 22.5 Å². The molecule has 0 aliphatic carbocycles. The Bertz CT molecular complexity index is 1340. The van der Waals surface area contributed by atoms with Crippen molar-refractivity contribution in [2.24, 2.45) is 0 Å². The molecule has 11 heteroatoms. The summed E-state index contributed by atoms with van der Waals surface area (Å²) in [6.45, 7) is 2.74. The summed E-state index contributed by atoms with van der Waals surface area (Å²) < 4.78 is 7.72. The zero-order valence-electron chi connectivity index (χ0n) is 21.8. The van der Waals surface area contributed by atoms with Crippen LogP contribution in [0, 0.1) is 0 Å². The van der Waals surface area contributed by atoms with Crippen LogP contribution in [0.1, 0.15) is 36.8 Å². The maximum Gasteiger partial charge on any atom is 0.324 e. The van der Waals surface area contributed by atoms with Gasteiger partial charge in [-0.25, -0.2) is 4.98 Å². The molecule has 4 rings (SSSR count). The van der Waals surface area contributed by atoms with Crippen molar-refractivity contribution in [3.05, 3.63) is 70.8 Å². The molecule has 38 heavy (non-hydrogen) atoms. The predicted octanol–water partition coefficient (Wildman–Crippen LogP) is 4.68. The molecule has 0 aliphatic rings. The first-order chi connectivity index (χ1) is 18.4. The molecule has 2 aromatic carbocycles. The summed E-state index contributed by atoms with van der Waals surface area (Å²) in [4.78, 5) is 19.0. The van der Waals surface area contributed by atoms with Gasteiger partial charge in [-0.05, 0) is 42.4 Å². The highest BCUT2D eigenvalue weighted by molar-refractivity contribution is 7.80. The number of imidazole rings is 1. The molecule has 4 aromatic rings. The van der Waals surface area contributed by atoms with Crippen LogP contribution >= 0.6 is 24.2 Å². The fourth-order valence-electron chi connectivity index (χ4n) is 4.22. The molecule has 9 nitrogen and oxygen atoms in total. The van der Waals surface area contributed by atoms with Crippen molar-refractivity contribution in [1.82, 2.24) is 35.1 Å². The quantitative estimate of drug-likeness (QED) is 0.194. The summed E-state index contributed by atoms with van der Waals surface area (Å²) in [5, 5.41) is 14.8. The molecule has 0 bridgehead atoms. The van der Waals surface area contributed by atoms with Crippen molar-refractivity contribution in [1.29, 1.82) is 0 Å². The van der Waals surface area contributed by atoms with Crippen LogP contribution in [-0.4, -0.2) is 66.9 Å². The first-order valence-electron chi connectivity index (χ1n) is 12.5. The number of aromatic nitrogens is 6. The molecule has 200 valence electrons. The predicted molar refractivity (Wildman–Crippen MR) is 151 cm³/mol. The minimum atomic E-state index is -0.434. The molecule has 1 N–H and O–H groups in total. The zero-order valence-corrected chi connectivity index (χ0v) is 23.4. The van der Waals surface area contributed by atoms with E-state index >= 15 is 0 Å².